The zero-order valence-corrected chi connectivity index (χ0v) is 13.6. The van der Waals surface area contributed by atoms with E-state index >= 15 is 0 Å². The summed E-state index contributed by atoms with van der Waals surface area (Å²) < 4.78 is 5.58. The number of nitrogens with one attached hydrogen (secondary N) is 2. The lowest BCUT2D eigenvalue weighted by molar-refractivity contribution is -0.158. The van der Waals surface area contributed by atoms with E-state index in [2.05, 4.69) is 10.6 Å². The molecule has 2 saturated heterocycles. The molecular formula is C17H21N3O4. The van der Waals surface area contributed by atoms with E-state index in [4.69, 9.17) is 4.74 Å². The predicted molar refractivity (Wildman–Crippen MR) is 88.5 cm³/mol. The van der Waals surface area contributed by atoms with Gasteiger partial charge >= 0.3 is 0 Å². The Bertz CT molecular complexity index is 644. The van der Waals surface area contributed by atoms with Crippen LogP contribution in [0.15, 0.2) is 24.3 Å². The maximum Gasteiger partial charge on any atom is 0.252 e. The number of amides is 3. The van der Waals surface area contributed by atoms with E-state index in [0.29, 0.717) is 18.0 Å². The first kappa shape index (κ1) is 16.4. The van der Waals surface area contributed by atoms with Crippen molar-refractivity contribution < 1.29 is 19.1 Å². The number of carbonyl (C=O) groups is 3. The Labute approximate surface area is 140 Å². The molecule has 2 aliphatic heterocycles. The molecule has 1 aromatic rings. The van der Waals surface area contributed by atoms with Crippen LogP contribution in [0.1, 0.15) is 26.2 Å². The van der Waals surface area contributed by atoms with E-state index in [1.807, 2.05) is 4.90 Å². The zero-order valence-electron chi connectivity index (χ0n) is 13.6. The van der Waals surface area contributed by atoms with E-state index in [9.17, 15) is 14.4 Å². The lowest BCUT2D eigenvalue weighted by Gasteiger charge is -2.34. The highest BCUT2D eigenvalue weighted by atomic mass is 16.5. The van der Waals surface area contributed by atoms with E-state index < -0.39 is 6.10 Å². The van der Waals surface area contributed by atoms with Crippen LogP contribution in [-0.2, 0) is 19.1 Å². The van der Waals surface area contributed by atoms with Crippen molar-refractivity contribution in [3.63, 3.8) is 0 Å². The molecular weight excluding hydrogens is 310 g/mol. The van der Waals surface area contributed by atoms with Crippen LogP contribution in [0, 0.1) is 0 Å². The molecule has 0 bridgehead atoms. The summed E-state index contributed by atoms with van der Waals surface area (Å²) in [6.07, 6.45) is 1.29. The molecule has 2 fully saturated rings. The fourth-order valence-corrected chi connectivity index (χ4v) is 3.15. The van der Waals surface area contributed by atoms with Gasteiger partial charge in [-0.3, -0.25) is 14.4 Å². The third kappa shape index (κ3) is 3.73. The Morgan fingerprint density at radius 2 is 1.88 bits per heavy atom. The number of benzene rings is 1. The fraction of sp³-hybridized carbons (Fsp3) is 0.471. The number of fused-ring (bicyclic) bond motifs is 1. The van der Waals surface area contributed by atoms with E-state index in [0.717, 1.165) is 19.4 Å². The number of carbonyl (C=O) groups excluding carboxylic acids is 3. The van der Waals surface area contributed by atoms with Gasteiger partial charge in [-0.15, -0.1) is 0 Å². The van der Waals surface area contributed by atoms with Crippen molar-refractivity contribution in [2.24, 2.45) is 0 Å². The Kier molecular flexibility index (Phi) is 4.80. The molecule has 0 saturated carbocycles. The third-order valence-corrected chi connectivity index (χ3v) is 4.29. The molecule has 0 radical (unpaired) electrons. The third-order valence-electron chi connectivity index (χ3n) is 4.29. The van der Waals surface area contributed by atoms with Crippen molar-refractivity contribution in [1.29, 1.82) is 0 Å². The SMILES string of the molecule is CC(=O)Nc1ccc(NC(=O)CC2OCC3CCCN3C2=O)cc1. The maximum absolute atomic E-state index is 12.3. The normalized spacial score (nSPS) is 22.9. The van der Waals surface area contributed by atoms with Crippen molar-refractivity contribution >= 4 is 29.1 Å². The van der Waals surface area contributed by atoms with E-state index in [1.54, 1.807) is 24.3 Å². The van der Waals surface area contributed by atoms with Gasteiger partial charge in [0.1, 0.15) is 6.10 Å². The first-order valence-electron chi connectivity index (χ1n) is 8.12. The molecule has 2 heterocycles. The smallest absolute Gasteiger partial charge is 0.252 e. The van der Waals surface area contributed by atoms with Gasteiger partial charge in [-0.1, -0.05) is 0 Å². The maximum atomic E-state index is 12.3. The average molecular weight is 331 g/mol. The number of hydrogen-bond acceptors (Lipinski definition) is 4. The number of rotatable bonds is 4. The Morgan fingerprint density at radius 1 is 1.21 bits per heavy atom. The van der Waals surface area contributed by atoms with Crippen LogP contribution >= 0.6 is 0 Å². The molecule has 2 unspecified atom stereocenters. The van der Waals surface area contributed by atoms with Crippen molar-refractivity contribution in [2.75, 3.05) is 23.8 Å². The zero-order chi connectivity index (χ0) is 17.1. The van der Waals surface area contributed by atoms with Crippen LogP contribution < -0.4 is 10.6 Å². The molecule has 1 aromatic carbocycles. The molecule has 0 aliphatic carbocycles. The monoisotopic (exact) mass is 331 g/mol. The molecule has 2 aliphatic rings. The Balaban J connectivity index is 1.53. The van der Waals surface area contributed by atoms with Crippen molar-refractivity contribution in [2.45, 2.75) is 38.3 Å². The highest BCUT2D eigenvalue weighted by Crippen LogP contribution is 2.25. The van der Waals surface area contributed by atoms with Gasteiger partial charge in [0.15, 0.2) is 0 Å². The number of ether oxygens (including phenoxy) is 1. The lowest BCUT2D eigenvalue weighted by atomic mass is 10.1. The van der Waals surface area contributed by atoms with Gasteiger partial charge in [-0.05, 0) is 37.1 Å². The number of nitrogens with zero attached hydrogens (tertiary/aromatic N) is 1. The van der Waals surface area contributed by atoms with Crippen molar-refractivity contribution in [3.05, 3.63) is 24.3 Å². The molecule has 0 aromatic heterocycles. The van der Waals surface area contributed by atoms with Crippen LogP contribution in [0.5, 0.6) is 0 Å². The van der Waals surface area contributed by atoms with Gasteiger partial charge in [0.05, 0.1) is 19.1 Å². The highest BCUT2D eigenvalue weighted by Gasteiger charge is 2.39. The van der Waals surface area contributed by atoms with Crippen LogP contribution in [0.4, 0.5) is 11.4 Å². The van der Waals surface area contributed by atoms with Gasteiger partial charge in [-0.25, -0.2) is 0 Å². The number of hydrogen-bond donors (Lipinski definition) is 2. The summed E-state index contributed by atoms with van der Waals surface area (Å²) >= 11 is 0. The molecule has 7 nitrogen and oxygen atoms in total. The minimum absolute atomic E-state index is 0.00943. The summed E-state index contributed by atoms with van der Waals surface area (Å²) in [5.74, 6) is -0.502. The average Bonchev–Trinajstić information content (AvgIpc) is 3.01. The molecule has 7 heteroatoms. The summed E-state index contributed by atoms with van der Waals surface area (Å²) in [5.41, 5.74) is 1.27. The number of anilines is 2. The fourth-order valence-electron chi connectivity index (χ4n) is 3.15. The standard InChI is InChI=1S/C17H21N3O4/c1-11(21)18-12-4-6-13(7-5-12)19-16(22)9-15-17(23)20-8-2-3-14(20)10-24-15/h4-7,14-15H,2-3,8-10H2,1H3,(H,18,21)(H,19,22). The van der Waals surface area contributed by atoms with E-state index in [1.165, 1.54) is 6.92 Å². The van der Waals surface area contributed by atoms with Crippen LogP contribution in [0.3, 0.4) is 0 Å². The van der Waals surface area contributed by atoms with Gasteiger partial charge in [-0.2, -0.15) is 0 Å². The summed E-state index contributed by atoms with van der Waals surface area (Å²) in [5, 5.41) is 5.40. The van der Waals surface area contributed by atoms with Crippen molar-refractivity contribution in [3.8, 4) is 0 Å². The summed E-state index contributed by atoms with van der Waals surface area (Å²) in [6.45, 7) is 2.70. The van der Waals surface area contributed by atoms with Crippen LogP contribution in [-0.4, -0.2) is 47.9 Å². The highest BCUT2D eigenvalue weighted by molar-refractivity contribution is 5.95. The second kappa shape index (κ2) is 7.00. The van der Waals surface area contributed by atoms with Crippen LogP contribution in [0.2, 0.25) is 0 Å². The minimum Gasteiger partial charge on any atom is -0.366 e. The van der Waals surface area contributed by atoms with Gasteiger partial charge in [0.25, 0.3) is 5.91 Å². The van der Waals surface area contributed by atoms with Gasteiger partial charge in [0.2, 0.25) is 11.8 Å². The van der Waals surface area contributed by atoms with E-state index in [-0.39, 0.29) is 30.2 Å². The van der Waals surface area contributed by atoms with Gasteiger partial charge < -0.3 is 20.3 Å². The molecule has 2 atom stereocenters. The summed E-state index contributed by atoms with van der Waals surface area (Å²) in [7, 11) is 0. The first-order chi connectivity index (χ1) is 11.5. The first-order valence-corrected chi connectivity index (χ1v) is 8.12. The quantitative estimate of drug-likeness (QED) is 0.872. The Morgan fingerprint density at radius 3 is 2.54 bits per heavy atom. The van der Waals surface area contributed by atoms with Gasteiger partial charge in [0, 0.05) is 24.8 Å². The minimum atomic E-state index is -0.696. The molecule has 3 amide bonds. The Hall–Kier alpha value is -2.41. The predicted octanol–water partition coefficient (Wildman–Crippen LogP) is 1.36. The number of morpholine rings is 1. The van der Waals surface area contributed by atoms with Crippen molar-refractivity contribution in [1.82, 2.24) is 4.90 Å². The molecule has 24 heavy (non-hydrogen) atoms. The molecule has 0 spiro atoms. The topological polar surface area (TPSA) is 87.7 Å². The summed E-state index contributed by atoms with van der Waals surface area (Å²) in [6, 6.07) is 6.98. The second-order valence-electron chi connectivity index (χ2n) is 6.16. The molecule has 3 rings (SSSR count). The molecule has 128 valence electrons. The summed E-state index contributed by atoms with van der Waals surface area (Å²) in [4.78, 5) is 37.3. The van der Waals surface area contributed by atoms with Crippen LogP contribution in [0.25, 0.3) is 0 Å². The molecule has 2 N–H and O–H groups in total. The lowest BCUT2D eigenvalue weighted by Crippen LogP contribution is -2.51. The second-order valence-corrected chi connectivity index (χ2v) is 6.16. The largest absolute Gasteiger partial charge is 0.366 e.